The van der Waals surface area contributed by atoms with Crippen LogP contribution in [-0.4, -0.2) is 93.8 Å². The molecule has 0 aromatic heterocycles. The number of rotatable bonds is 8. The Morgan fingerprint density at radius 3 is 1.67 bits per heavy atom. The molecule has 21 heavy (non-hydrogen) atoms. The standard InChI is InChI=1S/C7H16N2OSe3.C3H8N2OSe2/c1-4-11-8-7(10)9(12-5-2)13-6-3;1-7-5(8-2)3(4)6/h4-6H2,1-3H3,(H,8,10);1-2H3,(H2,4,6). The molecule has 0 aliphatic rings. The van der Waals surface area contributed by atoms with Crippen molar-refractivity contribution in [2.75, 3.05) is 0 Å². The second-order valence-electron chi connectivity index (χ2n) is 2.89. The van der Waals surface area contributed by atoms with Gasteiger partial charge in [-0.1, -0.05) is 0 Å². The number of nitrogens with two attached hydrogens (primary N) is 1. The van der Waals surface area contributed by atoms with Crippen molar-refractivity contribution >= 4 is 87.9 Å². The van der Waals surface area contributed by atoms with Crippen molar-refractivity contribution in [3.63, 3.8) is 0 Å². The summed E-state index contributed by atoms with van der Waals surface area (Å²) in [4.78, 5) is 21.9. The van der Waals surface area contributed by atoms with E-state index in [9.17, 15) is 9.59 Å². The Kier molecular flexibility index (Phi) is 20.3. The zero-order valence-electron chi connectivity index (χ0n) is 13.0. The van der Waals surface area contributed by atoms with Gasteiger partial charge >= 0.3 is 162 Å². The van der Waals surface area contributed by atoms with Crippen LogP contribution in [-0.2, 0) is 0 Å². The van der Waals surface area contributed by atoms with Crippen LogP contribution in [0.15, 0.2) is 0 Å². The molecule has 0 atom stereocenters. The zero-order valence-corrected chi connectivity index (χ0v) is 21.5. The van der Waals surface area contributed by atoms with E-state index in [1.54, 1.807) is 2.93 Å². The van der Waals surface area contributed by atoms with Gasteiger partial charge in [-0.25, -0.2) is 0 Å². The van der Waals surface area contributed by atoms with Gasteiger partial charge in [-0.05, 0) is 0 Å². The summed E-state index contributed by atoms with van der Waals surface area (Å²) in [5.41, 5.74) is 4.98. The van der Waals surface area contributed by atoms with E-state index >= 15 is 0 Å². The van der Waals surface area contributed by atoms with E-state index in [2.05, 4.69) is 25.1 Å². The van der Waals surface area contributed by atoms with Crippen molar-refractivity contribution in [3.8, 4) is 0 Å². The predicted molar refractivity (Wildman–Crippen MR) is 93.7 cm³/mol. The molecule has 0 aromatic carbocycles. The number of carbonyl (C=O) groups excluding carboxylic acids is 2. The Morgan fingerprint density at radius 1 is 0.952 bits per heavy atom. The van der Waals surface area contributed by atoms with Gasteiger partial charge in [-0.3, -0.25) is 0 Å². The minimum absolute atomic E-state index is 0.172. The molecule has 11 heteroatoms. The molecule has 0 unspecified atom stereocenters. The summed E-state index contributed by atoms with van der Waals surface area (Å²) in [6, 6.07) is -0.111. The van der Waals surface area contributed by atoms with E-state index in [1.165, 1.54) is 0 Å². The van der Waals surface area contributed by atoms with Crippen molar-refractivity contribution in [1.29, 1.82) is 0 Å². The summed E-state index contributed by atoms with van der Waals surface area (Å²) in [7, 11) is 0. The summed E-state index contributed by atoms with van der Waals surface area (Å²) in [5, 5.41) is 3.30. The molecule has 0 fully saturated rings. The fraction of sp³-hybridized carbons (Fsp3) is 0.800. The fourth-order valence-corrected chi connectivity index (χ4v) is 9.78. The van der Waals surface area contributed by atoms with E-state index in [1.807, 2.05) is 14.6 Å². The number of nitrogens with zero attached hydrogens (tertiary/aromatic N) is 2. The van der Waals surface area contributed by atoms with Crippen molar-refractivity contribution < 1.29 is 9.59 Å². The molecule has 0 aromatic rings. The van der Waals surface area contributed by atoms with Crippen LogP contribution in [0.1, 0.15) is 20.8 Å². The average molecular weight is 627 g/mol. The summed E-state index contributed by atoms with van der Waals surface area (Å²) in [6.07, 6.45) is 0. The molecule has 6 nitrogen and oxygen atoms in total. The number of urea groups is 2. The summed E-state index contributed by atoms with van der Waals surface area (Å²) < 4.78 is 6.69. The molecule has 126 valence electrons. The SMILES string of the molecule is CC[Se]NC(=O)N([Se]CC)[Se]CC.C[Se]N([Se]C)C(N)=O. The van der Waals surface area contributed by atoms with Crippen LogP contribution < -0.4 is 10.1 Å². The number of carbonyl (C=O) groups is 2. The monoisotopic (exact) mass is 632 g/mol. The summed E-state index contributed by atoms with van der Waals surface area (Å²) >= 11 is 1.53. The number of nitrogens with one attached hydrogen (secondary N) is 1. The maximum atomic E-state index is 11.5. The van der Waals surface area contributed by atoms with Crippen LogP contribution >= 0.6 is 0 Å². The predicted octanol–water partition coefficient (Wildman–Crippen LogP) is 0.872. The Hall–Kier alpha value is 1.14. The molecular weight excluding hydrogens is 603 g/mol. The average Bonchev–Trinajstić information content (AvgIpc) is 2.46. The molecule has 0 spiro atoms. The van der Waals surface area contributed by atoms with E-state index in [0.717, 1.165) is 16.0 Å². The fourth-order valence-electron chi connectivity index (χ4n) is 0.815. The van der Waals surface area contributed by atoms with Crippen LogP contribution in [0.5, 0.6) is 0 Å². The van der Waals surface area contributed by atoms with Gasteiger partial charge in [-0.15, -0.1) is 0 Å². The van der Waals surface area contributed by atoms with Gasteiger partial charge in [0, 0.05) is 0 Å². The van der Waals surface area contributed by atoms with E-state index in [-0.39, 0.29) is 42.4 Å². The van der Waals surface area contributed by atoms with Crippen LogP contribution in [0.25, 0.3) is 0 Å². The van der Waals surface area contributed by atoms with Crippen molar-refractivity contribution in [2.24, 2.45) is 5.73 Å². The Morgan fingerprint density at radius 2 is 1.43 bits per heavy atom. The normalized spacial score (nSPS) is 9.38. The topological polar surface area (TPSA) is 78.7 Å². The quantitative estimate of drug-likeness (QED) is 0.393. The molecule has 0 radical (unpaired) electrons. The number of primary amides is 1. The van der Waals surface area contributed by atoms with Gasteiger partial charge in [0.25, 0.3) is 0 Å². The summed E-state index contributed by atoms with van der Waals surface area (Å²) in [5.74, 6) is 3.95. The van der Waals surface area contributed by atoms with Gasteiger partial charge in [0.05, 0.1) is 0 Å². The third-order valence-electron chi connectivity index (χ3n) is 1.47. The molecule has 0 heterocycles. The molecule has 0 aliphatic carbocycles. The zero-order chi connectivity index (χ0) is 16.7. The molecule has 0 rings (SSSR count). The third-order valence-corrected chi connectivity index (χ3v) is 13.2. The molecule has 3 N–H and O–H groups in total. The van der Waals surface area contributed by atoms with Gasteiger partial charge < -0.3 is 0 Å². The van der Waals surface area contributed by atoms with Gasteiger partial charge in [0.15, 0.2) is 0 Å². The molecular formula is C10H24N4O2Se5. The first-order valence-corrected chi connectivity index (χ1v) is 17.1. The van der Waals surface area contributed by atoms with Crippen molar-refractivity contribution in [3.05, 3.63) is 0 Å². The molecule has 0 bridgehead atoms. The first-order valence-electron chi connectivity index (χ1n) is 6.13. The van der Waals surface area contributed by atoms with Gasteiger partial charge in [0.1, 0.15) is 0 Å². The first-order chi connectivity index (χ1) is 9.98. The summed E-state index contributed by atoms with van der Waals surface area (Å²) in [6.45, 7) is 6.37. The van der Waals surface area contributed by atoms with Crippen LogP contribution in [0.4, 0.5) is 9.59 Å². The van der Waals surface area contributed by atoms with Crippen LogP contribution in [0.2, 0.25) is 27.6 Å². The molecule has 0 saturated heterocycles. The Labute approximate surface area is 160 Å². The van der Waals surface area contributed by atoms with Crippen molar-refractivity contribution in [2.45, 2.75) is 48.4 Å². The van der Waals surface area contributed by atoms with E-state index in [4.69, 9.17) is 5.73 Å². The minimum atomic E-state index is -0.282. The number of amides is 4. The van der Waals surface area contributed by atoms with Gasteiger partial charge in [0.2, 0.25) is 0 Å². The molecule has 0 aliphatic heterocycles. The van der Waals surface area contributed by atoms with Crippen molar-refractivity contribution in [1.82, 2.24) is 10.2 Å². The van der Waals surface area contributed by atoms with Crippen LogP contribution in [0.3, 0.4) is 0 Å². The Bertz CT molecular complexity index is 276. The number of hydrogen-bond acceptors (Lipinski definition) is 2. The first kappa shape index (κ1) is 24.4. The second kappa shape index (κ2) is 17.5. The van der Waals surface area contributed by atoms with E-state index in [0.29, 0.717) is 45.5 Å². The third kappa shape index (κ3) is 14.5. The molecule has 4 amide bonds. The van der Waals surface area contributed by atoms with Gasteiger partial charge in [-0.2, -0.15) is 0 Å². The Balaban J connectivity index is 0. The second-order valence-corrected chi connectivity index (χ2v) is 15.6. The van der Waals surface area contributed by atoms with E-state index < -0.39 is 0 Å². The van der Waals surface area contributed by atoms with Crippen LogP contribution in [0, 0.1) is 0 Å². The maximum absolute atomic E-state index is 11.5. The molecule has 0 saturated carbocycles. The number of hydrogen-bond donors (Lipinski definition) is 2.